The van der Waals surface area contributed by atoms with Crippen LogP contribution in [0.5, 0.6) is 0 Å². The Labute approximate surface area is 167 Å². The number of ether oxygens (including phenoxy) is 1. The molecule has 0 aliphatic heterocycles. The summed E-state index contributed by atoms with van der Waals surface area (Å²) in [5.74, 6) is -1.11. The highest BCUT2D eigenvalue weighted by Gasteiger charge is 2.22. The maximum absolute atomic E-state index is 12.8. The highest BCUT2D eigenvalue weighted by atomic mass is 16.5. The number of imidazole rings is 1. The van der Waals surface area contributed by atoms with Crippen molar-refractivity contribution in [1.82, 2.24) is 14.7 Å². The van der Waals surface area contributed by atoms with E-state index in [1.54, 1.807) is 53.1 Å². The van der Waals surface area contributed by atoms with Crippen molar-refractivity contribution >= 4 is 29.0 Å². The lowest BCUT2D eigenvalue weighted by molar-refractivity contribution is 0.0600. The number of esters is 1. The van der Waals surface area contributed by atoms with Crippen LogP contribution in [0.25, 0.3) is 5.52 Å². The minimum Gasteiger partial charge on any atom is -0.465 e. The molecular formula is C21H22N4O4. The molecule has 1 aromatic carbocycles. The molecule has 2 aromatic heterocycles. The van der Waals surface area contributed by atoms with E-state index in [0.717, 1.165) is 6.42 Å². The lowest BCUT2D eigenvalue weighted by Crippen LogP contribution is -2.33. The van der Waals surface area contributed by atoms with Gasteiger partial charge in [0.15, 0.2) is 5.69 Å². The Hall–Kier alpha value is -3.68. The molecule has 0 aliphatic rings. The van der Waals surface area contributed by atoms with Gasteiger partial charge in [-0.2, -0.15) is 0 Å². The van der Waals surface area contributed by atoms with E-state index in [0.29, 0.717) is 16.8 Å². The van der Waals surface area contributed by atoms with Crippen molar-refractivity contribution in [2.75, 3.05) is 12.4 Å². The Balaban J connectivity index is 1.88. The summed E-state index contributed by atoms with van der Waals surface area (Å²) < 4.78 is 6.25. The number of nitrogens with zero attached hydrogens (tertiary/aromatic N) is 2. The Morgan fingerprint density at radius 2 is 1.83 bits per heavy atom. The molecule has 0 saturated carbocycles. The lowest BCUT2D eigenvalue weighted by atomic mass is 10.2. The van der Waals surface area contributed by atoms with E-state index in [1.165, 1.54) is 7.11 Å². The van der Waals surface area contributed by atoms with E-state index in [9.17, 15) is 14.4 Å². The number of aromatic nitrogens is 2. The number of carbonyl (C=O) groups is 3. The number of amides is 2. The van der Waals surface area contributed by atoms with Crippen molar-refractivity contribution in [3.63, 3.8) is 0 Å². The first kappa shape index (κ1) is 20.1. The van der Waals surface area contributed by atoms with Gasteiger partial charge in [-0.3, -0.25) is 14.0 Å². The molecule has 0 aliphatic carbocycles. The average Bonchev–Trinajstić information content (AvgIpc) is 3.13. The van der Waals surface area contributed by atoms with Crippen molar-refractivity contribution in [2.45, 2.75) is 26.3 Å². The quantitative estimate of drug-likeness (QED) is 0.626. The molecule has 1 atom stereocenters. The monoisotopic (exact) mass is 394 g/mol. The highest BCUT2D eigenvalue weighted by molar-refractivity contribution is 6.09. The second-order valence-electron chi connectivity index (χ2n) is 6.55. The molecule has 1 unspecified atom stereocenters. The van der Waals surface area contributed by atoms with Crippen LogP contribution in [0.15, 0.2) is 48.7 Å². The summed E-state index contributed by atoms with van der Waals surface area (Å²) in [6, 6.07) is 11.6. The third-order valence-corrected chi connectivity index (χ3v) is 4.52. The van der Waals surface area contributed by atoms with E-state index in [4.69, 9.17) is 0 Å². The molecule has 0 bridgehead atoms. The van der Waals surface area contributed by atoms with Gasteiger partial charge in [0.2, 0.25) is 5.82 Å². The fourth-order valence-corrected chi connectivity index (χ4v) is 2.75. The van der Waals surface area contributed by atoms with Gasteiger partial charge in [0.1, 0.15) is 0 Å². The molecule has 2 heterocycles. The molecule has 0 spiro atoms. The highest BCUT2D eigenvalue weighted by Crippen LogP contribution is 2.17. The fourth-order valence-electron chi connectivity index (χ4n) is 2.75. The summed E-state index contributed by atoms with van der Waals surface area (Å²) in [5, 5.41) is 5.60. The van der Waals surface area contributed by atoms with Crippen molar-refractivity contribution < 1.29 is 19.1 Å². The van der Waals surface area contributed by atoms with Gasteiger partial charge in [-0.05, 0) is 49.7 Å². The smallest absolute Gasteiger partial charge is 0.337 e. The molecule has 29 heavy (non-hydrogen) atoms. The number of nitrogens with one attached hydrogen (secondary N) is 2. The Kier molecular flexibility index (Phi) is 5.92. The summed E-state index contributed by atoms with van der Waals surface area (Å²) >= 11 is 0. The Morgan fingerprint density at radius 1 is 1.10 bits per heavy atom. The summed E-state index contributed by atoms with van der Waals surface area (Å²) in [5.41, 5.74) is 1.52. The molecule has 150 valence electrons. The Morgan fingerprint density at radius 3 is 2.48 bits per heavy atom. The van der Waals surface area contributed by atoms with E-state index in [2.05, 4.69) is 20.4 Å². The summed E-state index contributed by atoms with van der Waals surface area (Å²) in [7, 11) is 1.30. The van der Waals surface area contributed by atoms with Crippen LogP contribution in [0.4, 0.5) is 5.69 Å². The predicted octanol–water partition coefficient (Wildman–Crippen LogP) is 2.90. The van der Waals surface area contributed by atoms with Crippen molar-refractivity contribution in [3.05, 3.63) is 65.7 Å². The fraction of sp³-hybridized carbons (Fsp3) is 0.238. The maximum atomic E-state index is 12.8. The number of anilines is 1. The second kappa shape index (κ2) is 8.55. The van der Waals surface area contributed by atoms with Crippen LogP contribution in [-0.2, 0) is 4.74 Å². The van der Waals surface area contributed by atoms with Crippen LogP contribution in [0, 0.1) is 0 Å². The second-order valence-corrected chi connectivity index (χ2v) is 6.55. The lowest BCUT2D eigenvalue weighted by Gasteiger charge is -2.10. The van der Waals surface area contributed by atoms with Gasteiger partial charge < -0.3 is 15.4 Å². The molecule has 0 saturated heterocycles. The first-order valence-corrected chi connectivity index (χ1v) is 9.22. The third kappa shape index (κ3) is 4.26. The number of carbonyl (C=O) groups excluding carboxylic acids is 3. The number of benzene rings is 1. The number of fused-ring (bicyclic) bond motifs is 1. The number of pyridine rings is 1. The molecule has 8 nitrogen and oxygen atoms in total. The van der Waals surface area contributed by atoms with E-state index < -0.39 is 11.9 Å². The van der Waals surface area contributed by atoms with Crippen LogP contribution in [0.3, 0.4) is 0 Å². The number of hydrogen-bond acceptors (Lipinski definition) is 5. The van der Waals surface area contributed by atoms with Crippen LogP contribution >= 0.6 is 0 Å². The number of rotatable bonds is 6. The van der Waals surface area contributed by atoms with Crippen molar-refractivity contribution in [1.29, 1.82) is 0 Å². The van der Waals surface area contributed by atoms with Crippen molar-refractivity contribution in [2.24, 2.45) is 0 Å². The zero-order valence-corrected chi connectivity index (χ0v) is 16.4. The minimum absolute atomic E-state index is 0.0100. The van der Waals surface area contributed by atoms with Crippen LogP contribution < -0.4 is 10.6 Å². The zero-order valence-electron chi connectivity index (χ0n) is 16.4. The first-order chi connectivity index (χ1) is 13.9. The van der Waals surface area contributed by atoms with Crippen molar-refractivity contribution in [3.8, 4) is 0 Å². The Bertz CT molecular complexity index is 1060. The van der Waals surface area contributed by atoms with Crippen LogP contribution in [-0.4, -0.2) is 40.3 Å². The first-order valence-electron chi connectivity index (χ1n) is 9.22. The number of methoxy groups -OCH3 is 1. The molecule has 2 N–H and O–H groups in total. The van der Waals surface area contributed by atoms with E-state index >= 15 is 0 Å². The largest absolute Gasteiger partial charge is 0.465 e. The maximum Gasteiger partial charge on any atom is 0.337 e. The molecule has 3 rings (SSSR count). The van der Waals surface area contributed by atoms with Crippen LogP contribution in [0.2, 0.25) is 0 Å². The summed E-state index contributed by atoms with van der Waals surface area (Å²) in [4.78, 5) is 41.2. The number of hydrogen-bond donors (Lipinski definition) is 2. The van der Waals surface area contributed by atoms with Gasteiger partial charge in [0.25, 0.3) is 11.8 Å². The minimum atomic E-state index is -0.458. The SMILES string of the molecule is CCC(C)NC(=O)c1nc(C(=O)Nc2ccc(C(=O)OC)cc2)c2ccccn12. The van der Waals surface area contributed by atoms with Gasteiger partial charge in [-0.1, -0.05) is 13.0 Å². The standard InChI is InChI=1S/C21H22N4O4/c1-4-13(2)22-20(27)18-24-17(16-7-5-6-12-25(16)18)19(26)23-15-10-8-14(9-11-15)21(28)29-3/h5-13H,4H2,1-3H3,(H,22,27)(H,23,26). The normalized spacial score (nSPS) is 11.7. The van der Waals surface area contributed by atoms with E-state index in [1.807, 2.05) is 13.8 Å². The molecular weight excluding hydrogens is 372 g/mol. The average molecular weight is 394 g/mol. The zero-order chi connectivity index (χ0) is 21.0. The summed E-state index contributed by atoms with van der Waals surface area (Å²) in [6.45, 7) is 3.87. The third-order valence-electron chi connectivity index (χ3n) is 4.52. The van der Waals surface area contributed by atoms with Gasteiger partial charge in [0.05, 0.1) is 18.2 Å². The molecule has 0 radical (unpaired) electrons. The molecule has 8 heteroatoms. The topological polar surface area (TPSA) is 102 Å². The molecule has 0 fully saturated rings. The summed E-state index contributed by atoms with van der Waals surface area (Å²) in [6.07, 6.45) is 2.47. The van der Waals surface area contributed by atoms with Gasteiger partial charge in [0, 0.05) is 17.9 Å². The molecule has 3 aromatic rings. The van der Waals surface area contributed by atoms with Gasteiger partial charge in [-0.25, -0.2) is 9.78 Å². The molecule has 2 amide bonds. The van der Waals surface area contributed by atoms with Crippen LogP contribution in [0.1, 0.15) is 51.7 Å². The van der Waals surface area contributed by atoms with Gasteiger partial charge >= 0.3 is 5.97 Å². The van der Waals surface area contributed by atoms with Gasteiger partial charge in [-0.15, -0.1) is 0 Å². The predicted molar refractivity (Wildman–Crippen MR) is 108 cm³/mol. The van der Waals surface area contributed by atoms with E-state index in [-0.39, 0.29) is 23.5 Å².